The molecule has 0 spiro atoms. The molecule has 1 aromatic heterocycles. The molecule has 2 heteroatoms. The van der Waals surface area contributed by atoms with Gasteiger partial charge in [0, 0.05) is 22.1 Å². The topological polar surface area (TPSA) is 17.8 Å². The van der Waals surface area contributed by atoms with Gasteiger partial charge in [0.25, 0.3) is 0 Å². The van der Waals surface area contributed by atoms with E-state index in [-0.39, 0.29) is 10.8 Å². The van der Waals surface area contributed by atoms with Crippen LogP contribution in [0.15, 0.2) is 206 Å². The smallest absolute Gasteiger partial charge is 0.145 e. The molecule has 13 rings (SSSR count). The lowest BCUT2D eigenvalue weighted by molar-refractivity contribution is 0.660. The van der Waals surface area contributed by atoms with Gasteiger partial charge in [-0.3, -0.25) is 4.57 Å². The standard InChI is InChI=1S/C63H46N2/c1-62(2)53-22-12-10-18-45(53)47-33-30-42(37-55(47)62)41-31-35-51-52(36-41)60(43-32-34-48-46-19-11-13-23-54(46)63(3,4)56(48)38-43)50-21-9-8-20-49(50)59(51)39-26-28-40(29-27-39)61-64-57-24-14-15-25-58(57)65(61)44-16-6-5-7-17-44/h5-38H,1-4H3. The number of aromatic nitrogens is 2. The van der Waals surface area contributed by atoms with E-state index in [4.69, 9.17) is 4.98 Å². The second kappa shape index (κ2) is 13.8. The number of benzene rings is 10. The summed E-state index contributed by atoms with van der Waals surface area (Å²) in [5.74, 6) is 0.931. The highest BCUT2D eigenvalue weighted by molar-refractivity contribution is 6.22. The molecule has 0 N–H and O–H groups in total. The summed E-state index contributed by atoms with van der Waals surface area (Å²) in [6.07, 6.45) is 0. The Balaban J connectivity index is 1.03. The molecule has 1 heterocycles. The molecule has 0 aliphatic heterocycles. The second-order valence-electron chi connectivity index (χ2n) is 19.1. The van der Waals surface area contributed by atoms with Gasteiger partial charge in [-0.1, -0.05) is 191 Å². The van der Waals surface area contributed by atoms with Crippen molar-refractivity contribution in [3.63, 3.8) is 0 Å². The number of rotatable bonds is 5. The van der Waals surface area contributed by atoms with Gasteiger partial charge in [-0.05, 0) is 142 Å². The Morgan fingerprint density at radius 3 is 1.48 bits per heavy atom. The van der Waals surface area contributed by atoms with E-state index in [1.807, 2.05) is 0 Å². The fraction of sp³-hybridized carbons (Fsp3) is 0.0952. The van der Waals surface area contributed by atoms with Gasteiger partial charge >= 0.3 is 0 Å². The van der Waals surface area contributed by atoms with Gasteiger partial charge in [0.1, 0.15) is 5.82 Å². The first-order valence-electron chi connectivity index (χ1n) is 22.9. The number of para-hydroxylation sites is 3. The minimum atomic E-state index is -0.115. The Morgan fingerprint density at radius 1 is 0.338 bits per heavy atom. The SMILES string of the molecule is CC1(C)c2ccccc2-c2ccc(-c3ccc4c(-c5ccc(-c6nc7ccccc7n6-c6ccccc6)cc5)c5ccccc5c(-c5ccc6c(c5)C(C)(C)c5ccccc5-6)c4c3)cc21. The summed E-state index contributed by atoms with van der Waals surface area (Å²) in [5, 5.41) is 4.99. The molecular weight excluding hydrogens is 785 g/mol. The highest BCUT2D eigenvalue weighted by atomic mass is 15.1. The van der Waals surface area contributed by atoms with E-state index in [9.17, 15) is 0 Å². The van der Waals surface area contributed by atoms with E-state index in [2.05, 4.69) is 239 Å². The largest absolute Gasteiger partial charge is 0.292 e. The molecule has 10 aromatic carbocycles. The molecule has 65 heavy (non-hydrogen) atoms. The summed E-state index contributed by atoms with van der Waals surface area (Å²) in [5.41, 5.74) is 22.4. The van der Waals surface area contributed by atoms with Gasteiger partial charge in [-0.2, -0.15) is 0 Å². The van der Waals surface area contributed by atoms with E-state index in [1.54, 1.807) is 0 Å². The van der Waals surface area contributed by atoms with Gasteiger partial charge in [-0.25, -0.2) is 4.98 Å². The number of imidazole rings is 1. The van der Waals surface area contributed by atoms with Crippen LogP contribution in [-0.4, -0.2) is 9.55 Å². The summed E-state index contributed by atoms with van der Waals surface area (Å²) >= 11 is 0. The summed E-state index contributed by atoms with van der Waals surface area (Å²) in [6, 6.07) is 76.6. The van der Waals surface area contributed by atoms with Crippen LogP contribution < -0.4 is 0 Å². The van der Waals surface area contributed by atoms with Crippen molar-refractivity contribution < 1.29 is 0 Å². The Bertz CT molecular complexity index is 3750. The Kier molecular flexibility index (Phi) is 8.03. The third kappa shape index (κ3) is 5.50. The van der Waals surface area contributed by atoms with Crippen LogP contribution in [0.2, 0.25) is 0 Å². The van der Waals surface area contributed by atoms with Crippen LogP contribution >= 0.6 is 0 Å². The molecule has 0 saturated carbocycles. The maximum Gasteiger partial charge on any atom is 0.145 e. The van der Waals surface area contributed by atoms with Crippen LogP contribution in [0, 0.1) is 0 Å². The summed E-state index contributed by atoms with van der Waals surface area (Å²) in [4.78, 5) is 5.20. The Hall–Kier alpha value is -7.81. The first kappa shape index (κ1) is 37.7. The molecule has 2 aliphatic carbocycles. The number of nitrogens with zero attached hydrogens (tertiary/aromatic N) is 2. The fourth-order valence-electron chi connectivity index (χ4n) is 11.6. The maximum absolute atomic E-state index is 5.20. The zero-order valence-electron chi connectivity index (χ0n) is 37.0. The normalized spacial score (nSPS) is 14.1. The number of hydrogen-bond donors (Lipinski definition) is 0. The average Bonchev–Trinajstić information content (AvgIpc) is 3.93. The highest BCUT2D eigenvalue weighted by Gasteiger charge is 2.37. The van der Waals surface area contributed by atoms with Crippen LogP contribution in [0.3, 0.4) is 0 Å². The van der Waals surface area contributed by atoms with Gasteiger partial charge in [0.15, 0.2) is 0 Å². The molecular formula is C63H46N2. The fourth-order valence-corrected chi connectivity index (χ4v) is 11.6. The van der Waals surface area contributed by atoms with Gasteiger partial charge in [0.05, 0.1) is 11.0 Å². The molecule has 0 unspecified atom stereocenters. The highest BCUT2D eigenvalue weighted by Crippen LogP contribution is 2.53. The monoisotopic (exact) mass is 830 g/mol. The maximum atomic E-state index is 5.20. The minimum Gasteiger partial charge on any atom is -0.292 e. The van der Waals surface area contributed by atoms with Crippen LogP contribution in [0.5, 0.6) is 0 Å². The van der Waals surface area contributed by atoms with Crippen molar-refractivity contribution in [1.82, 2.24) is 9.55 Å². The molecule has 0 amide bonds. The molecule has 2 aliphatic rings. The zero-order valence-corrected chi connectivity index (χ0v) is 37.0. The molecule has 2 nitrogen and oxygen atoms in total. The predicted molar refractivity (Wildman–Crippen MR) is 273 cm³/mol. The van der Waals surface area contributed by atoms with Crippen LogP contribution in [-0.2, 0) is 10.8 Å². The quantitative estimate of drug-likeness (QED) is 0.158. The van der Waals surface area contributed by atoms with E-state index in [0.717, 1.165) is 28.1 Å². The molecule has 11 aromatic rings. The second-order valence-corrected chi connectivity index (χ2v) is 19.1. The number of hydrogen-bond acceptors (Lipinski definition) is 1. The minimum absolute atomic E-state index is 0.0841. The predicted octanol–water partition coefficient (Wildman–Crippen LogP) is 16.6. The van der Waals surface area contributed by atoms with Crippen molar-refractivity contribution in [3.05, 3.63) is 229 Å². The van der Waals surface area contributed by atoms with E-state index in [0.29, 0.717) is 0 Å². The van der Waals surface area contributed by atoms with Crippen molar-refractivity contribution in [2.75, 3.05) is 0 Å². The van der Waals surface area contributed by atoms with E-state index < -0.39 is 0 Å². The average molecular weight is 831 g/mol. The van der Waals surface area contributed by atoms with Crippen molar-refractivity contribution in [2.24, 2.45) is 0 Å². The zero-order chi connectivity index (χ0) is 43.6. The molecule has 0 saturated heterocycles. The molecule has 308 valence electrons. The van der Waals surface area contributed by atoms with Crippen LogP contribution in [0.4, 0.5) is 0 Å². The first-order valence-corrected chi connectivity index (χ1v) is 22.9. The Labute approximate surface area is 380 Å². The first-order chi connectivity index (χ1) is 31.8. The van der Waals surface area contributed by atoms with Crippen molar-refractivity contribution in [1.29, 1.82) is 0 Å². The van der Waals surface area contributed by atoms with Crippen molar-refractivity contribution >= 4 is 32.6 Å². The van der Waals surface area contributed by atoms with Gasteiger partial charge in [0.2, 0.25) is 0 Å². The third-order valence-corrected chi connectivity index (χ3v) is 14.8. The number of fused-ring (bicyclic) bond motifs is 9. The van der Waals surface area contributed by atoms with Gasteiger partial charge < -0.3 is 0 Å². The van der Waals surface area contributed by atoms with Crippen molar-refractivity contribution in [3.8, 4) is 72.7 Å². The molecule has 0 fully saturated rings. The summed E-state index contributed by atoms with van der Waals surface area (Å²) in [7, 11) is 0. The molecule has 0 radical (unpaired) electrons. The lowest BCUT2D eigenvalue weighted by Gasteiger charge is -2.23. The lowest BCUT2D eigenvalue weighted by atomic mass is 9.80. The van der Waals surface area contributed by atoms with E-state index >= 15 is 0 Å². The summed E-state index contributed by atoms with van der Waals surface area (Å²) < 4.78 is 2.28. The lowest BCUT2D eigenvalue weighted by Crippen LogP contribution is -2.14. The molecule has 0 atom stereocenters. The van der Waals surface area contributed by atoms with Crippen molar-refractivity contribution in [2.45, 2.75) is 38.5 Å². The third-order valence-electron chi connectivity index (χ3n) is 14.8. The van der Waals surface area contributed by atoms with Crippen LogP contribution in [0.1, 0.15) is 49.9 Å². The molecule has 0 bridgehead atoms. The van der Waals surface area contributed by atoms with E-state index in [1.165, 1.54) is 99.4 Å². The van der Waals surface area contributed by atoms with Crippen LogP contribution in [0.25, 0.3) is 105 Å². The van der Waals surface area contributed by atoms with Gasteiger partial charge in [-0.15, -0.1) is 0 Å². The summed E-state index contributed by atoms with van der Waals surface area (Å²) in [6.45, 7) is 9.50. The Morgan fingerprint density at radius 2 is 0.800 bits per heavy atom.